The zero-order valence-electron chi connectivity index (χ0n) is 27.1. The average molecular weight is 660 g/mol. The molecule has 0 amide bonds. The number of ether oxygens (including phenoxy) is 4. The van der Waals surface area contributed by atoms with E-state index < -0.39 is 36.5 Å². The third kappa shape index (κ3) is 10.6. The van der Waals surface area contributed by atoms with E-state index in [0.29, 0.717) is 52.4 Å². The van der Waals surface area contributed by atoms with Crippen molar-refractivity contribution in [2.24, 2.45) is 5.92 Å². The lowest BCUT2D eigenvalue weighted by atomic mass is 9.97. The Morgan fingerprint density at radius 1 is 0.958 bits per heavy atom. The van der Waals surface area contributed by atoms with Crippen LogP contribution < -0.4 is 9.80 Å². The highest BCUT2D eigenvalue weighted by molar-refractivity contribution is 6.01. The highest BCUT2D eigenvalue weighted by atomic mass is 16.5. The maximum Gasteiger partial charge on any atom is 0.314 e. The van der Waals surface area contributed by atoms with Gasteiger partial charge in [0.05, 0.1) is 32.2 Å². The van der Waals surface area contributed by atoms with Crippen molar-refractivity contribution < 1.29 is 38.4 Å². The predicted molar refractivity (Wildman–Crippen MR) is 177 cm³/mol. The number of benzene rings is 2. The number of aromatic nitrogens is 2. The number of anilines is 2. The molecule has 3 aromatic rings. The summed E-state index contributed by atoms with van der Waals surface area (Å²) in [6, 6.07) is 18.2. The lowest BCUT2D eigenvalue weighted by molar-refractivity contribution is -0.156. The Hall–Kier alpha value is -4.90. The molecular weight excluding hydrogens is 618 g/mol. The standard InChI is InChI=1S/C35H41N5O8/c1-36-32-34(39(14-9-18-41)15-19-45-2)37-31(33(38-32)40-16-20-46-21-17-40)29(42)22-28(35(44)48-25-27-12-7-4-8-13-27)23-30(43)47-24-26-10-5-3-6-11-26/h3-8,10-13,28,41H,9,14-25H2,2H3/t28-/m1/s1. The Kier molecular flexibility index (Phi) is 14.3. The van der Waals surface area contributed by atoms with E-state index in [1.165, 1.54) is 0 Å². The van der Waals surface area contributed by atoms with E-state index in [0.717, 1.165) is 11.1 Å². The van der Waals surface area contributed by atoms with Gasteiger partial charge in [-0.3, -0.25) is 14.4 Å². The topological polar surface area (TPSA) is 145 Å². The average Bonchev–Trinajstić information content (AvgIpc) is 3.13. The smallest absolute Gasteiger partial charge is 0.314 e. The molecule has 254 valence electrons. The maximum absolute atomic E-state index is 14.2. The van der Waals surface area contributed by atoms with Crippen LogP contribution in [0.25, 0.3) is 4.85 Å². The summed E-state index contributed by atoms with van der Waals surface area (Å²) < 4.78 is 21.8. The molecular formula is C35H41N5O8. The van der Waals surface area contributed by atoms with Gasteiger partial charge in [-0.1, -0.05) is 72.2 Å². The van der Waals surface area contributed by atoms with E-state index in [4.69, 9.17) is 30.5 Å². The highest BCUT2D eigenvalue weighted by Crippen LogP contribution is 2.32. The number of aliphatic hydroxyl groups excluding tert-OH is 1. The van der Waals surface area contributed by atoms with Crippen molar-refractivity contribution in [1.29, 1.82) is 0 Å². The van der Waals surface area contributed by atoms with Crippen LogP contribution in [0.2, 0.25) is 0 Å². The summed E-state index contributed by atoms with van der Waals surface area (Å²) in [7, 11) is 1.55. The summed E-state index contributed by atoms with van der Waals surface area (Å²) in [5.74, 6) is -2.75. The molecule has 0 spiro atoms. The molecule has 2 heterocycles. The normalized spacial score (nSPS) is 13.3. The number of Topliss-reactive ketones (excluding diaryl/α,β-unsaturated/α-hetero) is 1. The van der Waals surface area contributed by atoms with Gasteiger partial charge in [0.15, 0.2) is 17.3 Å². The molecule has 1 atom stereocenters. The Bertz CT molecular complexity index is 1520. The van der Waals surface area contributed by atoms with Crippen molar-refractivity contribution >= 4 is 35.2 Å². The minimum atomic E-state index is -1.17. The maximum atomic E-state index is 14.2. The number of hydrogen-bond acceptors (Lipinski definition) is 12. The summed E-state index contributed by atoms with van der Waals surface area (Å²) in [5.41, 5.74) is 1.49. The number of carbonyl (C=O) groups is 3. The van der Waals surface area contributed by atoms with Gasteiger partial charge < -0.3 is 38.7 Å². The van der Waals surface area contributed by atoms with Gasteiger partial charge in [-0.2, -0.15) is 0 Å². The predicted octanol–water partition coefficient (Wildman–Crippen LogP) is 3.77. The first-order valence-corrected chi connectivity index (χ1v) is 15.8. The monoisotopic (exact) mass is 659 g/mol. The molecule has 0 bridgehead atoms. The third-order valence-corrected chi connectivity index (χ3v) is 7.62. The zero-order chi connectivity index (χ0) is 34.1. The zero-order valence-corrected chi connectivity index (χ0v) is 27.1. The van der Waals surface area contributed by atoms with Crippen LogP contribution in [-0.2, 0) is 41.8 Å². The first-order chi connectivity index (χ1) is 23.4. The van der Waals surface area contributed by atoms with Gasteiger partial charge in [0, 0.05) is 46.3 Å². The summed E-state index contributed by atoms with van der Waals surface area (Å²) in [4.78, 5) is 57.1. The number of ketones is 1. The van der Waals surface area contributed by atoms with E-state index in [-0.39, 0.29) is 43.0 Å². The van der Waals surface area contributed by atoms with Crippen LogP contribution in [0.4, 0.5) is 17.5 Å². The van der Waals surface area contributed by atoms with Crippen molar-refractivity contribution in [2.75, 3.05) is 69.5 Å². The van der Waals surface area contributed by atoms with Crippen LogP contribution >= 0.6 is 0 Å². The first kappa shape index (κ1) is 35.9. The summed E-state index contributed by atoms with van der Waals surface area (Å²) in [6.07, 6.45) is -0.417. The van der Waals surface area contributed by atoms with E-state index >= 15 is 0 Å². The van der Waals surface area contributed by atoms with Gasteiger partial charge in [-0.15, -0.1) is 0 Å². The van der Waals surface area contributed by atoms with Crippen molar-refractivity contribution in [2.45, 2.75) is 32.5 Å². The van der Waals surface area contributed by atoms with Gasteiger partial charge in [0.25, 0.3) is 5.82 Å². The number of morpholine rings is 1. The molecule has 1 aromatic heterocycles. The Morgan fingerprint density at radius 2 is 1.60 bits per heavy atom. The second-order valence-electron chi connectivity index (χ2n) is 11.1. The Labute approximate surface area is 280 Å². The number of aliphatic hydroxyl groups is 1. The van der Waals surface area contributed by atoms with Crippen molar-refractivity contribution in [3.63, 3.8) is 0 Å². The lowest BCUT2D eigenvalue weighted by Gasteiger charge is -2.29. The molecule has 2 aromatic carbocycles. The molecule has 0 radical (unpaired) electrons. The molecule has 1 N–H and O–H groups in total. The lowest BCUT2D eigenvalue weighted by Crippen LogP contribution is -2.38. The first-order valence-electron chi connectivity index (χ1n) is 15.8. The number of hydrogen-bond donors (Lipinski definition) is 1. The third-order valence-electron chi connectivity index (χ3n) is 7.62. The van der Waals surface area contributed by atoms with E-state index in [1.54, 1.807) is 24.1 Å². The molecule has 48 heavy (non-hydrogen) atoms. The minimum absolute atomic E-state index is 0.00889. The van der Waals surface area contributed by atoms with Crippen molar-refractivity contribution in [1.82, 2.24) is 9.97 Å². The molecule has 1 aliphatic rings. The largest absolute Gasteiger partial charge is 0.461 e. The SMILES string of the molecule is [C-]#[N+]c1nc(N2CCOCC2)c(C(=O)C[C@H](CC(=O)OCc2ccccc2)C(=O)OCc2ccccc2)nc1N(CCCO)CCOC. The van der Waals surface area contributed by atoms with Gasteiger partial charge in [-0.25, -0.2) is 4.98 Å². The molecule has 1 fully saturated rings. The van der Waals surface area contributed by atoms with Crippen LogP contribution in [0.5, 0.6) is 0 Å². The van der Waals surface area contributed by atoms with Crippen LogP contribution in [0.3, 0.4) is 0 Å². The number of rotatable bonds is 18. The summed E-state index contributed by atoms with van der Waals surface area (Å²) >= 11 is 0. The van der Waals surface area contributed by atoms with Crippen LogP contribution in [0, 0.1) is 12.5 Å². The number of methoxy groups -OCH3 is 1. The van der Waals surface area contributed by atoms with Crippen LogP contribution in [-0.4, -0.2) is 92.5 Å². The van der Waals surface area contributed by atoms with Gasteiger partial charge in [0.2, 0.25) is 0 Å². The number of carbonyl (C=O) groups excluding carboxylic acids is 3. The summed E-state index contributed by atoms with van der Waals surface area (Å²) in [5, 5.41) is 9.50. The molecule has 13 nitrogen and oxygen atoms in total. The fourth-order valence-corrected chi connectivity index (χ4v) is 5.07. The fourth-order valence-electron chi connectivity index (χ4n) is 5.07. The molecule has 0 unspecified atom stereocenters. The molecule has 1 aliphatic heterocycles. The quantitative estimate of drug-likeness (QED) is 0.121. The Balaban J connectivity index is 1.65. The van der Waals surface area contributed by atoms with E-state index in [9.17, 15) is 19.5 Å². The molecule has 0 aliphatic carbocycles. The minimum Gasteiger partial charge on any atom is -0.461 e. The fraction of sp³-hybridized carbons (Fsp3) is 0.429. The van der Waals surface area contributed by atoms with Crippen molar-refractivity contribution in [3.8, 4) is 0 Å². The van der Waals surface area contributed by atoms with Gasteiger partial charge >= 0.3 is 17.8 Å². The van der Waals surface area contributed by atoms with E-state index in [1.807, 2.05) is 53.4 Å². The number of nitrogens with zero attached hydrogens (tertiary/aromatic N) is 5. The van der Waals surface area contributed by atoms with Crippen LogP contribution in [0.15, 0.2) is 60.7 Å². The van der Waals surface area contributed by atoms with Gasteiger partial charge in [-0.05, 0) is 17.5 Å². The molecule has 0 saturated carbocycles. The number of esters is 2. The van der Waals surface area contributed by atoms with Crippen LogP contribution in [0.1, 0.15) is 40.9 Å². The molecule has 1 saturated heterocycles. The summed E-state index contributed by atoms with van der Waals surface area (Å²) in [6.45, 7) is 10.3. The second kappa shape index (κ2) is 19.0. The highest BCUT2D eigenvalue weighted by Gasteiger charge is 2.34. The van der Waals surface area contributed by atoms with Gasteiger partial charge in [0.1, 0.15) is 13.2 Å². The van der Waals surface area contributed by atoms with E-state index in [2.05, 4.69) is 9.83 Å². The molecule has 4 rings (SSSR count). The van der Waals surface area contributed by atoms with Crippen molar-refractivity contribution in [3.05, 3.63) is 88.9 Å². The second-order valence-corrected chi connectivity index (χ2v) is 11.1. The Morgan fingerprint density at radius 3 is 2.21 bits per heavy atom. The molecule has 13 heteroatoms.